The number of nitrogens with zero attached hydrogens (tertiary/aromatic N) is 1. The van der Waals surface area contributed by atoms with E-state index in [2.05, 4.69) is 5.32 Å². The number of ether oxygens (including phenoxy) is 4. The molecule has 8 heteroatoms. The highest BCUT2D eigenvalue weighted by atomic mass is 16.6. The molecule has 0 atom stereocenters. The molecule has 2 aromatic carbocycles. The van der Waals surface area contributed by atoms with Crippen molar-refractivity contribution in [3.8, 4) is 22.9 Å². The minimum atomic E-state index is -0.543. The number of alkyl carbamates (subject to hydrolysis) is 1. The summed E-state index contributed by atoms with van der Waals surface area (Å²) in [6.45, 7) is 9.54. The lowest BCUT2D eigenvalue weighted by Gasteiger charge is -2.19. The van der Waals surface area contributed by atoms with Crippen LogP contribution in [0.5, 0.6) is 17.2 Å². The average Bonchev–Trinajstić information content (AvgIpc) is 3.05. The summed E-state index contributed by atoms with van der Waals surface area (Å²) < 4.78 is 23.9. The Morgan fingerprint density at radius 3 is 2.18 bits per heavy atom. The van der Waals surface area contributed by atoms with E-state index in [-0.39, 0.29) is 5.78 Å². The van der Waals surface area contributed by atoms with Crippen molar-refractivity contribution in [3.05, 3.63) is 47.7 Å². The molecular weight excluding hydrogens is 436 g/mol. The number of aromatic nitrogens is 1. The molecule has 0 radical (unpaired) electrons. The fraction of sp³-hybridized carbons (Fsp3) is 0.385. The fourth-order valence-corrected chi connectivity index (χ4v) is 3.85. The molecule has 1 aromatic heterocycles. The van der Waals surface area contributed by atoms with Gasteiger partial charge in [0.05, 0.1) is 26.3 Å². The highest BCUT2D eigenvalue weighted by Crippen LogP contribution is 2.38. The second-order valence-corrected chi connectivity index (χ2v) is 8.85. The highest BCUT2D eigenvalue weighted by molar-refractivity contribution is 6.09. The number of ketones is 1. The minimum absolute atomic E-state index is 0.0223. The molecule has 8 nitrogen and oxygen atoms in total. The molecule has 1 heterocycles. The van der Waals surface area contributed by atoms with Crippen LogP contribution < -0.4 is 19.5 Å². The zero-order valence-corrected chi connectivity index (χ0v) is 20.8. The van der Waals surface area contributed by atoms with Crippen LogP contribution in [0.1, 0.15) is 43.7 Å². The molecule has 0 saturated carbocycles. The van der Waals surface area contributed by atoms with E-state index in [9.17, 15) is 9.59 Å². The predicted molar refractivity (Wildman–Crippen MR) is 131 cm³/mol. The van der Waals surface area contributed by atoms with Crippen LogP contribution in [0.4, 0.5) is 4.79 Å². The normalized spacial score (nSPS) is 11.3. The topological polar surface area (TPSA) is 88.0 Å². The van der Waals surface area contributed by atoms with Gasteiger partial charge in [0.15, 0.2) is 17.3 Å². The van der Waals surface area contributed by atoms with Crippen molar-refractivity contribution in [1.29, 1.82) is 0 Å². The number of rotatable bonds is 8. The molecule has 1 N–H and O–H groups in total. The largest absolute Gasteiger partial charge is 0.493 e. The molecule has 0 unspecified atom stereocenters. The number of benzene rings is 2. The molecule has 0 aliphatic rings. The van der Waals surface area contributed by atoms with Crippen LogP contribution in [0.2, 0.25) is 0 Å². The molecule has 0 fully saturated rings. The Bertz CT molecular complexity index is 1190. The van der Waals surface area contributed by atoms with Gasteiger partial charge in [0, 0.05) is 28.4 Å². The maximum Gasteiger partial charge on any atom is 0.407 e. The van der Waals surface area contributed by atoms with E-state index in [1.807, 2.05) is 68.7 Å². The number of amides is 1. The highest BCUT2D eigenvalue weighted by Gasteiger charge is 2.21. The molecule has 0 saturated heterocycles. The van der Waals surface area contributed by atoms with E-state index in [1.165, 1.54) is 0 Å². The summed E-state index contributed by atoms with van der Waals surface area (Å²) >= 11 is 0. The Hall–Kier alpha value is -3.68. The monoisotopic (exact) mass is 468 g/mol. The number of nitrogens with one attached hydrogen (secondary N) is 1. The molecule has 3 aromatic rings. The molecule has 182 valence electrons. The molecule has 0 bridgehead atoms. The van der Waals surface area contributed by atoms with Crippen LogP contribution in [0.3, 0.4) is 0 Å². The van der Waals surface area contributed by atoms with E-state index in [0.717, 1.165) is 22.3 Å². The molecule has 0 aliphatic heterocycles. The summed E-state index contributed by atoms with van der Waals surface area (Å²) in [5.74, 6) is 1.79. The van der Waals surface area contributed by atoms with Crippen LogP contribution >= 0.6 is 0 Å². The van der Waals surface area contributed by atoms with E-state index < -0.39 is 11.7 Å². The predicted octanol–water partition coefficient (Wildman–Crippen LogP) is 5.06. The summed E-state index contributed by atoms with van der Waals surface area (Å²) in [4.78, 5) is 24.2. The number of fused-ring (bicyclic) bond motifs is 1. The Morgan fingerprint density at radius 2 is 1.62 bits per heavy atom. The van der Waals surface area contributed by atoms with Crippen LogP contribution in [0.15, 0.2) is 36.4 Å². The minimum Gasteiger partial charge on any atom is -0.493 e. The quantitative estimate of drug-likeness (QED) is 0.367. The van der Waals surface area contributed by atoms with Crippen LogP contribution in [0.25, 0.3) is 16.6 Å². The van der Waals surface area contributed by atoms with Crippen LogP contribution in [-0.2, 0) is 4.74 Å². The zero-order chi connectivity index (χ0) is 25.0. The van der Waals surface area contributed by atoms with Gasteiger partial charge in [-0.25, -0.2) is 4.79 Å². The number of hydrogen-bond acceptors (Lipinski definition) is 6. The van der Waals surface area contributed by atoms with Gasteiger partial charge in [-0.1, -0.05) is 0 Å². The van der Waals surface area contributed by atoms with Crippen molar-refractivity contribution in [2.45, 2.75) is 40.2 Å². The fourth-order valence-electron chi connectivity index (χ4n) is 3.85. The number of Topliss-reactive ketones (excluding diaryl/α,β-unsaturated/α-hetero) is 1. The average molecular weight is 469 g/mol. The third-order valence-corrected chi connectivity index (χ3v) is 5.20. The second-order valence-electron chi connectivity index (χ2n) is 8.85. The van der Waals surface area contributed by atoms with Crippen molar-refractivity contribution < 1.29 is 28.5 Å². The number of hydrogen-bond donors (Lipinski definition) is 1. The van der Waals surface area contributed by atoms with Gasteiger partial charge in [-0.05, 0) is 65.0 Å². The molecule has 0 aliphatic carbocycles. The first-order valence-electron chi connectivity index (χ1n) is 11.0. The third kappa shape index (κ3) is 5.44. The van der Waals surface area contributed by atoms with E-state index in [1.54, 1.807) is 21.1 Å². The Morgan fingerprint density at radius 1 is 1.00 bits per heavy atom. The first-order chi connectivity index (χ1) is 16.1. The van der Waals surface area contributed by atoms with Crippen LogP contribution in [-0.4, -0.2) is 49.4 Å². The first-order valence-corrected chi connectivity index (χ1v) is 11.0. The Balaban J connectivity index is 1.82. The summed E-state index contributed by atoms with van der Waals surface area (Å²) in [5.41, 5.74) is 2.65. The van der Waals surface area contributed by atoms with Gasteiger partial charge in [0.2, 0.25) is 0 Å². The van der Waals surface area contributed by atoms with Gasteiger partial charge in [0.1, 0.15) is 18.0 Å². The van der Waals surface area contributed by atoms with E-state index >= 15 is 0 Å². The standard InChI is InChI=1S/C26H32N2O6/c1-16-24(17(2)29)20-14-22(31-6)23(32-7)15-21(20)28(16)18-8-10-19(11-9-18)33-13-12-27-25(30)34-26(3,4)5/h8-11,14-15H,12-13H2,1-7H3,(H,27,30). The number of carbonyl (C=O) groups is 2. The maximum absolute atomic E-state index is 12.5. The van der Waals surface area contributed by atoms with Gasteiger partial charge in [-0.2, -0.15) is 0 Å². The van der Waals surface area contributed by atoms with Crippen molar-refractivity contribution in [1.82, 2.24) is 9.88 Å². The van der Waals surface area contributed by atoms with Gasteiger partial charge < -0.3 is 28.8 Å². The summed E-state index contributed by atoms with van der Waals surface area (Å²) in [7, 11) is 3.16. The molecule has 34 heavy (non-hydrogen) atoms. The number of carbonyl (C=O) groups excluding carboxylic acids is 2. The van der Waals surface area contributed by atoms with Crippen LogP contribution in [0, 0.1) is 6.92 Å². The molecule has 0 spiro atoms. The summed E-state index contributed by atoms with van der Waals surface area (Å²) in [6.07, 6.45) is -0.477. The first kappa shape index (κ1) is 25.0. The smallest absolute Gasteiger partial charge is 0.407 e. The third-order valence-electron chi connectivity index (χ3n) is 5.20. The summed E-state index contributed by atoms with van der Waals surface area (Å²) in [6, 6.07) is 11.3. The summed E-state index contributed by atoms with van der Waals surface area (Å²) in [5, 5.41) is 3.47. The lowest BCUT2D eigenvalue weighted by molar-refractivity contribution is 0.0520. The van der Waals surface area contributed by atoms with Gasteiger partial charge in [-0.3, -0.25) is 4.79 Å². The van der Waals surface area contributed by atoms with Gasteiger partial charge in [0.25, 0.3) is 0 Å². The second kappa shape index (κ2) is 10.1. The SMILES string of the molecule is COc1cc2c(C(C)=O)c(C)n(-c3ccc(OCCNC(=O)OC(C)(C)C)cc3)c2cc1OC. The van der Waals surface area contributed by atoms with Gasteiger partial charge >= 0.3 is 6.09 Å². The lowest BCUT2D eigenvalue weighted by atomic mass is 10.1. The van der Waals surface area contributed by atoms with Gasteiger partial charge in [-0.15, -0.1) is 0 Å². The van der Waals surface area contributed by atoms with E-state index in [0.29, 0.717) is 36.0 Å². The Labute approximate surface area is 199 Å². The van der Waals surface area contributed by atoms with Crippen molar-refractivity contribution >= 4 is 22.8 Å². The Kier molecular flexibility index (Phi) is 7.39. The van der Waals surface area contributed by atoms with Crippen molar-refractivity contribution in [2.24, 2.45) is 0 Å². The van der Waals surface area contributed by atoms with Crippen molar-refractivity contribution in [2.75, 3.05) is 27.4 Å². The molecule has 1 amide bonds. The maximum atomic E-state index is 12.5. The van der Waals surface area contributed by atoms with Crippen molar-refractivity contribution in [3.63, 3.8) is 0 Å². The van der Waals surface area contributed by atoms with E-state index in [4.69, 9.17) is 18.9 Å². The molecule has 3 rings (SSSR count). The lowest BCUT2D eigenvalue weighted by Crippen LogP contribution is -2.34. The number of methoxy groups -OCH3 is 2. The zero-order valence-electron chi connectivity index (χ0n) is 20.8. The molecular formula is C26H32N2O6.